The van der Waals surface area contributed by atoms with E-state index in [0.29, 0.717) is 13.1 Å². The second-order valence-corrected chi connectivity index (χ2v) is 6.20. The van der Waals surface area contributed by atoms with Gasteiger partial charge in [-0.15, -0.1) is 0 Å². The Morgan fingerprint density at radius 3 is 2.20 bits per heavy atom. The number of hydrogen-bond donors (Lipinski definition) is 1. The van der Waals surface area contributed by atoms with Gasteiger partial charge in [-0.05, 0) is 24.6 Å². The lowest BCUT2D eigenvalue weighted by molar-refractivity contribution is 0.119. The van der Waals surface area contributed by atoms with E-state index in [4.69, 9.17) is 0 Å². The van der Waals surface area contributed by atoms with Crippen LogP contribution >= 0.6 is 0 Å². The Bertz CT molecular complexity index is 710. The Kier molecular flexibility index (Phi) is 5.28. The van der Waals surface area contributed by atoms with E-state index in [1.165, 1.54) is 5.56 Å². The van der Waals surface area contributed by atoms with Crippen molar-refractivity contribution in [3.8, 4) is 0 Å². The van der Waals surface area contributed by atoms with Crippen LogP contribution in [-0.4, -0.2) is 42.0 Å². The highest BCUT2D eigenvalue weighted by Gasteiger charge is 2.24. The van der Waals surface area contributed by atoms with Crippen LogP contribution in [-0.2, 0) is 0 Å². The van der Waals surface area contributed by atoms with Crippen LogP contribution in [0.4, 0.5) is 19.3 Å². The first kappa shape index (κ1) is 17.4. The summed E-state index contributed by atoms with van der Waals surface area (Å²) in [6, 6.07) is 13.2. The largest absolute Gasteiger partial charge is 0.322 e. The number of hydrogen-bond acceptors (Lipinski definition) is 2. The Morgan fingerprint density at radius 1 is 1.00 bits per heavy atom. The predicted octanol–water partition coefficient (Wildman–Crippen LogP) is 3.88. The molecule has 1 saturated heterocycles. The third-order valence-corrected chi connectivity index (χ3v) is 4.54. The summed E-state index contributed by atoms with van der Waals surface area (Å²) in [5.41, 5.74) is 1.37. The monoisotopic (exact) mass is 345 g/mol. The number of carbonyl (C=O) groups is 1. The molecular formula is C19H21F2N3O. The van der Waals surface area contributed by atoms with Gasteiger partial charge in [0.05, 0.1) is 0 Å². The molecular weight excluding hydrogens is 324 g/mol. The first-order valence-electron chi connectivity index (χ1n) is 8.34. The van der Waals surface area contributed by atoms with Crippen LogP contribution < -0.4 is 5.32 Å². The number of piperazine rings is 1. The molecule has 1 fully saturated rings. The van der Waals surface area contributed by atoms with Crippen molar-refractivity contribution in [1.82, 2.24) is 9.80 Å². The summed E-state index contributed by atoms with van der Waals surface area (Å²) in [6.07, 6.45) is 0. The van der Waals surface area contributed by atoms with Crippen LogP contribution in [0.1, 0.15) is 18.5 Å². The molecule has 1 aliphatic rings. The van der Waals surface area contributed by atoms with Gasteiger partial charge in [0.1, 0.15) is 11.6 Å². The molecule has 2 amide bonds. The van der Waals surface area contributed by atoms with Crippen LogP contribution in [0, 0.1) is 11.6 Å². The van der Waals surface area contributed by atoms with Crippen molar-refractivity contribution in [2.75, 3.05) is 31.5 Å². The fourth-order valence-electron chi connectivity index (χ4n) is 3.08. The van der Waals surface area contributed by atoms with E-state index in [-0.39, 0.29) is 17.8 Å². The highest BCUT2D eigenvalue weighted by atomic mass is 19.1. The quantitative estimate of drug-likeness (QED) is 0.916. The molecule has 3 rings (SSSR count). The van der Waals surface area contributed by atoms with Gasteiger partial charge in [-0.2, -0.15) is 0 Å². The average Bonchev–Trinajstić information content (AvgIpc) is 2.61. The Morgan fingerprint density at radius 2 is 1.60 bits per heavy atom. The summed E-state index contributed by atoms with van der Waals surface area (Å²) in [5.74, 6) is -1.42. The lowest BCUT2D eigenvalue weighted by atomic mass is 10.1. The number of anilines is 1. The minimum atomic E-state index is -0.711. The average molecular weight is 345 g/mol. The normalized spacial score (nSPS) is 16.5. The molecule has 0 bridgehead atoms. The molecule has 0 saturated carbocycles. The van der Waals surface area contributed by atoms with Gasteiger partial charge in [0, 0.05) is 44.0 Å². The summed E-state index contributed by atoms with van der Waals surface area (Å²) < 4.78 is 26.4. The maximum absolute atomic E-state index is 13.2. The minimum absolute atomic E-state index is 0.127. The first-order valence-corrected chi connectivity index (χ1v) is 8.34. The van der Waals surface area contributed by atoms with Gasteiger partial charge < -0.3 is 10.2 Å². The Labute approximate surface area is 146 Å². The van der Waals surface area contributed by atoms with E-state index >= 15 is 0 Å². The predicted molar refractivity (Wildman–Crippen MR) is 93.4 cm³/mol. The lowest BCUT2D eigenvalue weighted by Gasteiger charge is -2.38. The van der Waals surface area contributed by atoms with Gasteiger partial charge in [-0.25, -0.2) is 13.6 Å². The van der Waals surface area contributed by atoms with Gasteiger partial charge in [-0.1, -0.05) is 30.3 Å². The molecule has 0 spiro atoms. The number of rotatable bonds is 3. The fraction of sp³-hybridized carbons (Fsp3) is 0.316. The van der Waals surface area contributed by atoms with Gasteiger partial charge in [-0.3, -0.25) is 4.90 Å². The van der Waals surface area contributed by atoms with Crippen LogP contribution in [0.2, 0.25) is 0 Å². The molecule has 0 radical (unpaired) electrons. The number of halogens is 2. The van der Waals surface area contributed by atoms with Crippen molar-refractivity contribution < 1.29 is 13.6 Å². The molecule has 4 nitrogen and oxygen atoms in total. The molecule has 0 aromatic heterocycles. The number of nitrogens with one attached hydrogen (secondary N) is 1. The number of nitrogens with zero attached hydrogens (tertiary/aromatic N) is 2. The summed E-state index contributed by atoms with van der Waals surface area (Å²) in [5, 5.41) is 2.56. The van der Waals surface area contributed by atoms with Crippen molar-refractivity contribution in [3.05, 3.63) is 65.7 Å². The zero-order chi connectivity index (χ0) is 17.8. The molecule has 1 atom stereocenters. The second-order valence-electron chi connectivity index (χ2n) is 6.20. The minimum Gasteiger partial charge on any atom is -0.322 e. The number of urea groups is 1. The molecule has 132 valence electrons. The highest BCUT2D eigenvalue weighted by molar-refractivity contribution is 5.89. The summed E-state index contributed by atoms with van der Waals surface area (Å²) in [6.45, 7) is 4.80. The summed E-state index contributed by atoms with van der Waals surface area (Å²) >= 11 is 0. The molecule has 1 heterocycles. The fourth-order valence-corrected chi connectivity index (χ4v) is 3.08. The van der Waals surface area contributed by atoms with Gasteiger partial charge in [0.25, 0.3) is 0 Å². The SMILES string of the molecule is C[C@@H](c1ccccc1)N1CCN(C(=O)Nc2cc(F)cc(F)c2)CC1. The molecule has 1 aliphatic heterocycles. The maximum atomic E-state index is 13.2. The van der Waals surface area contributed by atoms with Crippen LogP contribution in [0.15, 0.2) is 48.5 Å². The number of benzene rings is 2. The van der Waals surface area contributed by atoms with Gasteiger partial charge >= 0.3 is 6.03 Å². The van der Waals surface area contributed by atoms with E-state index in [2.05, 4.69) is 29.3 Å². The Hall–Kier alpha value is -2.47. The van der Waals surface area contributed by atoms with Crippen LogP contribution in [0.3, 0.4) is 0 Å². The van der Waals surface area contributed by atoms with Gasteiger partial charge in [0.2, 0.25) is 0 Å². The van der Waals surface area contributed by atoms with Crippen molar-refractivity contribution in [2.24, 2.45) is 0 Å². The van der Waals surface area contributed by atoms with Crippen molar-refractivity contribution >= 4 is 11.7 Å². The van der Waals surface area contributed by atoms with Crippen molar-refractivity contribution in [3.63, 3.8) is 0 Å². The molecule has 0 unspecified atom stereocenters. The van der Waals surface area contributed by atoms with Crippen LogP contribution in [0.25, 0.3) is 0 Å². The topological polar surface area (TPSA) is 35.6 Å². The van der Waals surface area contributed by atoms with E-state index in [1.54, 1.807) is 4.90 Å². The lowest BCUT2D eigenvalue weighted by Crippen LogP contribution is -2.50. The summed E-state index contributed by atoms with van der Waals surface area (Å²) in [4.78, 5) is 16.3. The molecule has 6 heteroatoms. The number of amides is 2. The van der Waals surface area contributed by atoms with E-state index in [9.17, 15) is 13.6 Å². The third kappa shape index (κ3) is 4.33. The van der Waals surface area contributed by atoms with Crippen molar-refractivity contribution in [2.45, 2.75) is 13.0 Å². The molecule has 2 aromatic carbocycles. The molecule has 0 aliphatic carbocycles. The summed E-state index contributed by atoms with van der Waals surface area (Å²) in [7, 11) is 0. The van der Waals surface area contributed by atoms with Gasteiger partial charge in [0.15, 0.2) is 0 Å². The molecule has 2 aromatic rings. The van der Waals surface area contributed by atoms with E-state index < -0.39 is 11.6 Å². The standard InChI is InChI=1S/C19H21F2N3O/c1-14(15-5-3-2-4-6-15)23-7-9-24(10-8-23)19(25)22-18-12-16(20)11-17(21)13-18/h2-6,11-14H,7-10H2,1H3,(H,22,25)/t14-/m0/s1. The smallest absolute Gasteiger partial charge is 0.321 e. The maximum Gasteiger partial charge on any atom is 0.321 e. The first-order chi connectivity index (χ1) is 12.0. The zero-order valence-electron chi connectivity index (χ0n) is 14.1. The van der Waals surface area contributed by atoms with E-state index in [0.717, 1.165) is 31.3 Å². The third-order valence-electron chi connectivity index (χ3n) is 4.54. The zero-order valence-corrected chi connectivity index (χ0v) is 14.1. The highest BCUT2D eigenvalue weighted by Crippen LogP contribution is 2.21. The molecule has 1 N–H and O–H groups in total. The van der Waals surface area contributed by atoms with Crippen LogP contribution in [0.5, 0.6) is 0 Å². The molecule has 25 heavy (non-hydrogen) atoms. The second kappa shape index (κ2) is 7.61. The van der Waals surface area contributed by atoms with E-state index in [1.807, 2.05) is 18.2 Å². The Balaban J connectivity index is 1.55. The number of carbonyl (C=O) groups excluding carboxylic acids is 1. The van der Waals surface area contributed by atoms with Crippen molar-refractivity contribution in [1.29, 1.82) is 0 Å².